The zero-order valence-corrected chi connectivity index (χ0v) is 13.4. The maximum Gasteiger partial charge on any atom is 0.311 e. The van der Waals surface area contributed by atoms with E-state index < -0.39 is 11.4 Å². The van der Waals surface area contributed by atoms with Gasteiger partial charge < -0.3 is 10.4 Å². The van der Waals surface area contributed by atoms with Crippen molar-refractivity contribution in [1.82, 2.24) is 0 Å². The summed E-state index contributed by atoms with van der Waals surface area (Å²) in [6.45, 7) is 0.369. The summed E-state index contributed by atoms with van der Waals surface area (Å²) in [6.07, 6.45) is 5.52. The molecule has 2 N–H and O–H groups in total. The van der Waals surface area contributed by atoms with Crippen LogP contribution in [-0.2, 0) is 4.79 Å². The highest BCUT2D eigenvalue weighted by Gasteiger charge is 2.38. The van der Waals surface area contributed by atoms with Crippen LogP contribution in [0, 0.1) is 16.7 Å². The summed E-state index contributed by atoms with van der Waals surface area (Å²) in [6, 6.07) is 7.50. The summed E-state index contributed by atoms with van der Waals surface area (Å²) < 4.78 is 0.870. The number of halogens is 1. The molecule has 1 aromatic rings. The zero-order chi connectivity index (χ0) is 15.3. The number of carboxylic acid groups (broad SMARTS) is 1. The highest BCUT2D eigenvalue weighted by atomic mass is 79.9. The maximum absolute atomic E-state index is 11.8. The number of hydrogen-bond donors (Lipinski definition) is 2. The second-order valence-corrected chi connectivity index (χ2v) is 6.57. The molecule has 4 nitrogen and oxygen atoms in total. The van der Waals surface area contributed by atoms with Crippen molar-refractivity contribution < 1.29 is 9.90 Å². The number of nitrogens with zero attached hydrogens (tertiary/aromatic N) is 1. The fraction of sp³-hybridized carbons (Fsp3) is 0.500. The van der Waals surface area contributed by atoms with Crippen LogP contribution in [0.25, 0.3) is 0 Å². The van der Waals surface area contributed by atoms with E-state index in [0.29, 0.717) is 30.6 Å². The van der Waals surface area contributed by atoms with Crippen molar-refractivity contribution in [3.63, 3.8) is 0 Å². The third kappa shape index (κ3) is 3.76. The van der Waals surface area contributed by atoms with Gasteiger partial charge in [-0.3, -0.25) is 4.79 Å². The van der Waals surface area contributed by atoms with Crippen molar-refractivity contribution in [2.75, 3.05) is 11.9 Å². The first-order chi connectivity index (χ1) is 10.1. The molecule has 0 radical (unpaired) electrons. The first-order valence-corrected chi connectivity index (χ1v) is 8.04. The SMILES string of the molecule is N#Cc1ccc(Br)cc1NCC1(C(=O)O)CCCCCC1. The molecular weight excluding hydrogens is 332 g/mol. The van der Waals surface area contributed by atoms with Crippen molar-refractivity contribution in [2.24, 2.45) is 5.41 Å². The lowest BCUT2D eigenvalue weighted by Gasteiger charge is -2.29. The largest absolute Gasteiger partial charge is 0.481 e. The van der Waals surface area contributed by atoms with E-state index >= 15 is 0 Å². The second-order valence-electron chi connectivity index (χ2n) is 5.65. The molecule has 5 heteroatoms. The van der Waals surface area contributed by atoms with Gasteiger partial charge in [-0.05, 0) is 31.0 Å². The Morgan fingerprint density at radius 3 is 2.57 bits per heavy atom. The lowest BCUT2D eigenvalue weighted by Crippen LogP contribution is -2.37. The molecule has 112 valence electrons. The summed E-state index contributed by atoms with van der Waals surface area (Å²) in [5.41, 5.74) is 0.509. The van der Waals surface area contributed by atoms with E-state index in [2.05, 4.69) is 27.3 Å². The number of nitriles is 1. The van der Waals surface area contributed by atoms with E-state index in [9.17, 15) is 9.90 Å². The number of carboxylic acids is 1. The first kappa shape index (κ1) is 15.8. The lowest BCUT2D eigenvalue weighted by atomic mass is 9.80. The third-order valence-corrected chi connectivity index (χ3v) is 4.73. The topological polar surface area (TPSA) is 73.1 Å². The monoisotopic (exact) mass is 350 g/mol. The van der Waals surface area contributed by atoms with Gasteiger partial charge in [0.15, 0.2) is 0 Å². The van der Waals surface area contributed by atoms with Gasteiger partial charge in [0.05, 0.1) is 16.7 Å². The molecule has 1 aliphatic rings. The van der Waals surface area contributed by atoms with Gasteiger partial charge in [-0.1, -0.05) is 41.6 Å². The van der Waals surface area contributed by atoms with Crippen LogP contribution in [-0.4, -0.2) is 17.6 Å². The number of benzene rings is 1. The lowest BCUT2D eigenvalue weighted by molar-refractivity contribution is -0.149. The Kier molecular flexibility index (Phi) is 5.24. The highest BCUT2D eigenvalue weighted by molar-refractivity contribution is 9.10. The molecule has 0 bridgehead atoms. The van der Waals surface area contributed by atoms with Crippen LogP contribution in [0.5, 0.6) is 0 Å². The Hall–Kier alpha value is -1.54. The second kappa shape index (κ2) is 6.95. The Labute approximate surface area is 133 Å². The molecule has 1 aliphatic carbocycles. The average Bonchev–Trinajstić information content (AvgIpc) is 2.72. The summed E-state index contributed by atoms with van der Waals surface area (Å²) in [7, 11) is 0. The van der Waals surface area contributed by atoms with Gasteiger partial charge in [-0.2, -0.15) is 5.26 Å². The molecule has 2 rings (SSSR count). The molecule has 0 aliphatic heterocycles. The summed E-state index contributed by atoms with van der Waals surface area (Å²) in [4.78, 5) is 11.8. The van der Waals surface area contributed by atoms with Gasteiger partial charge >= 0.3 is 5.97 Å². The van der Waals surface area contributed by atoms with Crippen LogP contribution in [0.2, 0.25) is 0 Å². The standard InChI is InChI=1S/C16H19BrN2O2/c17-13-6-5-12(10-18)14(9-13)19-11-16(15(20)21)7-3-1-2-4-8-16/h5-6,9,19H,1-4,7-8,11H2,(H,20,21). The molecule has 21 heavy (non-hydrogen) atoms. The Bertz CT molecular complexity index is 558. The number of aliphatic carboxylic acids is 1. The number of hydrogen-bond acceptors (Lipinski definition) is 3. The zero-order valence-electron chi connectivity index (χ0n) is 11.9. The summed E-state index contributed by atoms with van der Waals surface area (Å²) in [5.74, 6) is -0.731. The van der Waals surface area contributed by atoms with E-state index in [0.717, 1.165) is 30.2 Å². The number of rotatable bonds is 4. The van der Waals surface area contributed by atoms with Crippen LogP contribution in [0.15, 0.2) is 22.7 Å². The maximum atomic E-state index is 11.8. The van der Waals surface area contributed by atoms with Crippen LogP contribution in [0.4, 0.5) is 5.69 Å². The first-order valence-electron chi connectivity index (χ1n) is 7.24. The minimum absolute atomic E-state index is 0.369. The van der Waals surface area contributed by atoms with Crippen molar-refractivity contribution in [3.8, 4) is 6.07 Å². The van der Waals surface area contributed by atoms with Crippen LogP contribution >= 0.6 is 15.9 Å². The quantitative estimate of drug-likeness (QED) is 0.799. The normalized spacial score (nSPS) is 17.5. The van der Waals surface area contributed by atoms with Crippen LogP contribution in [0.1, 0.15) is 44.1 Å². The molecule has 0 heterocycles. The molecule has 1 fully saturated rings. The minimum Gasteiger partial charge on any atom is -0.481 e. The molecule has 0 aromatic heterocycles. The van der Waals surface area contributed by atoms with E-state index in [1.807, 2.05) is 12.1 Å². The molecule has 1 saturated carbocycles. The fourth-order valence-electron chi connectivity index (χ4n) is 2.90. The van der Waals surface area contributed by atoms with E-state index in [4.69, 9.17) is 5.26 Å². The van der Waals surface area contributed by atoms with Gasteiger partial charge in [-0.25, -0.2) is 0 Å². The molecular formula is C16H19BrN2O2. The minimum atomic E-state index is -0.731. The third-order valence-electron chi connectivity index (χ3n) is 4.23. The molecule has 0 saturated heterocycles. The van der Waals surface area contributed by atoms with Crippen molar-refractivity contribution in [1.29, 1.82) is 5.26 Å². The van der Waals surface area contributed by atoms with E-state index in [-0.39, 0.29) is 0 Å². The number of carbonyl (C=O) groups is 1. The van der Waals surface area contributed by atoms with Crippen molar-refractivity contribution in [3.05, 3.63) is 28.2 Å². The molecule has 0 amide bonds. The van der Waals surface area contributed by atoms with Gasteiger partial charge in [0.1, 0.15) is 6.07 Å². The molecule has 0 unspecified atom stereocenters. The smallest absolute Gasteiger partial charge is 0.311 e. The summed E-state index contributed by atoms with van der Waals surface area (Å²) in [5, 5.41) is 22.0. The van der Waals surface area contributed by atoms with Gasteiger partial charge in [0.25, 0.3) is 0 Å². The van der Waals surface area contributed by atoms with Gasteiger partial charge in [0.2, 0.25) is 0 Å². The van der Waals surface area contributed by atoms with Gasteiger partial charge in [-0.15, -0.1) is 0 Å². The van der Waals surface area contributed by atoms with Crippen molar-refractivity contribution in [2.45, 2.75) is 38.5 Å². The molecule has 0 atom stereocenters. The number of nitrogens with one attached hydrogen (secondary N) is 1. The number of anilines is 1. The predicted molar refractivity (Wildman–Crippen MR) is 85.1 cm³/mol. The molecule has 0 spiro atoms. The molecule has 1 aromatic carbocycles. The van der Waals surface area contributed by atoms with Crippen LogP contribution in [0.3, 0.4) is 0 Å². The van der Waals surface area contributed by atoms with Crippen molar-refractivity contribution >= 4 is 27.6 Å². The summed E-state index contributed by atoms with van der Waals surface area (Å²) >= 11 is 3.38. The van der Waals surface area contributed by atoms with E-state index in [1.54, 1.807) is 6.07 Å². The Balaban J connectivity index is 2.17. The van der Waals surface area contributed by atoms with E-state index in [1.165, 1.54) is 0 Å². The highest BCUT2D eigenvalue weighted by Crippen LogP contribution is 2.36. The Morgan fingerprint density at radius 2 is 2.00 bits per heavy atom. The Morgan fingerprint density at radius 1 is 1.33 bits per heavy atom. The van der Waals surface area contributed by atoms with Crippen LogP contribution < -0.4 is 5.32 Å². The predicted octanol–water partition coefficient (Wildman–Crippen LogP) is 4.16. The average molecular weight is 351 g/mol. The van der Waals surface area contributed by atoms with Gasteiger partial charge in [0, 0.05) is 11.0 Å². The fourth-order valence-corrected chi connectivity index (χ4v) is 3.26.